The van der Waals surface area contributed by atoms with Gasteiger partial charge in [-0.25, -0.2) is 0 Å². The summed E-state index contributed by atoms with van der Waals surface area (Å²) in [4.78, 5) is 25.9. The third-order valence-corrected chi connectivity index (χ3v) is 6.81. The smallest absolute Gasteiger partial charge is 0.233 e. The van der Waals surface area contributed by atoms with Crippen molar-refractivity contribution in [1.82, 2.24) is 19.7 Å². The molecule has 1 fully saturated rings. The molecular formula is C23H24ClN5O3S. The summed E-state index contributed by atoms with van der Waals surface area (Å²) in [5.41, 5.74) is 7.10. The highest BCUT2D eigenvalue weighted by Crippen LogP contribution is 2.30. The van der Waals surface area contributed by atoms with E-state index in [0.717, 1.165) is 17.0 Å². The van der Waals surface area contributed by atoms with Crippen LogP contribution >= 0.6 is 23.4 Å². The number of primary amides is 1. The number of thioether (sulfide) groups is 1. The average Bonchev–Trinajstić information content (AvgIpc) is 3.27. The number of methoxy groups -OCH3 is 1. The molecule has 0 atom stereocenters. The van der Waals surface area contributed by atoms with Crippen molar-refractivity contribution in [3.63, 3.8) is 0 Å². The van der Waals surface area contributed by atoms with E-state index in [9.17, 15) is 9.59 Å². The van der Waals surface area contributed by atoms with Crippen molar-refractivity contribution in [1.29, 1.82) is 0 Å². The highest BCUT2D eigenvalue weighted by Gasteiger charge is 2.26. The van der Waals surface area contributed by atoms with E-state index in [2.05, 4.69) is 10.2 Å². The van der Waals surface area contributed by atoms with Gasteiger partial charge in [0.15, 0.2) is 11.0 Å². The third-order valence-electron chi connectivity index (χ3n) is 5.64. The summed E-state index contributed by atoms with van der Waals surface area (Å²) in [5, 5.41) is 10.00. The molecule has 0 bridgehead atoms. The molecule has 33 heavy (non-hydrogen) atoms. The normalized spacial score (nSPS) is 14.3. The van der Waals surface area contributed by atoms with Gasteiger partial charge in [0, 0.05) is 35.3 Å². The molecule has 2 amide bonds. The number of piperidine rings is 1. The molecule has 172 valence electrons. The van der Waals surface area contributed by atoms with Gasteiger partial charge in [-0.1, -0.05) is 23.4 Å². The second-order valence-electron chi connectivity index (χ2n) is 7.69. The summed E-state index contributed by atoms with van der Waals surface area (Å²) >= 11 is 7.41. The van der Waals surface area contributed by atoms with Crippen molar-refractivity contribution < 1.29 is 14.3 Å². The molecule has 2 N–H and O–H groups in total. The number of ether oxygens (including phenoxy) is 1. The number of benzene rings is 2. The van der Waals surface area contributed by atoms with E-state index in [1.54, 1.807) is 24.1 Å². The largest absolute Gasteiger partial charge is 0.497 e. The molecule has 0 aliphatic carbocycles. The monoisotopic (exact) mass is 485 g/mol. The van der Waals surface area contributed by atoms with Gasteiger partial charge in [0.2, 0.25) is 11.8 Å². The minimum Gasteiger partial charge on any atom is -0.497 e. The van der Waals surface area contributed by atoms with E-state index in [1.807, 2.05) is 41.0 Å². The zero-order valence-electron chi connectivity index (χ0n) is 18.1. The minimum atomic E-state index is -0.293. The van der Waals surface area contributed by atoms with Crippen LogP contribution in [-0.4, -0.2) is 57.4 Å². The Balaban J connectivity index is 1.55. The molecule has 1 aliphatic heterocycles. The van der Waals surface area contributed by atoms with Crippen LogP contribution in [0.2, 0.25) is 5.02 Å². The molecule has 8 nitrogen and oxygen atoms in total. The molecule has 4 rings (SSSR count). The van der Waals surface area contributed by atoms with Crippen LogP contribution in [0.25, 0.3) is 17.1 Å². The van der Waals surface area contributed by atoms with Gasteiger partial charge in [-0.3, -0.25) is 14.2 Å². The molecular weight excluding hydrogens is 462 g/mol. The third kappa shape index (κ3) is 5.31. The quantitative estimate of drug-likeness (QED) is 0.514. The van der Waals surface area contributed by atoms with Gasteiger partial charge < -0.3 is 15.4 Å². The minimum absolute atomic E-state index is 0.000394. The van der Waals surface area contributed by atoms with Gasteiger partial charge >= 0.3 is 0 Å². The molecule has 0 spiro atoms. The topological polar surface area (TPSA) is 103 Å². The number of likely N-dealkylation sites (tertiary alicyclic amines) is 1. The number of hydrogen-bond donors (Lipinski definition) is 1. The molecule has 1 aliphatic rings. The Hall–Kier alpha value is -3.04. The number of amides is 2. The van der Waals surface area contributed by atoms with Crippen molar-refractivity contribution in [2.45, 2.75) is 18.0 Å². The first-order valence-corrected chi connectivity index (χ1v) is 11.9. The zero-order valence-corrected chi connectivity index (χ0v) is 19.7. The fraction of sp³-hybridized carbons (Fsp3) is 0.304. The van der Waals surface area contributed by atoms with Crippen LogP contribution in [0.4, 0.5) is 0 Å². The SMILES string of the molecule is COc1ccc(-c2nnc(SCC(=O)N3CCC(C(N)=O)CC3)n2-c2ccc(Cl)cc2)cc1. The summed E-state index contributed by atoms with van der Waals surface area (Å²) in [6.07, 6.45) is 1.21. The Kier molecular flexibility index (Phi) is 7.20. The van der Waals surface area contributed by atoms with Crippen LogP contribution in [0.1, 0.15) is 12.8 Å². The number of nitrogens with zero attached hydrogens (tertiary/aromatic N) is 4. The summed E-state index contributed by atoms with van der Waals surface area (Å²) in [7, 11) is 1.62. The molecule has 2 aromatic carbocycles. The highest BCUT2D eigenvalue weighted by atomic mass is 35.5. The highest BCUT2D eigenvalue weighted by molar-refractivity contribution is 7.99. The van der Waals surface area contributed by atoms with Crippen LogP contribution in [0, 0.1) is 5.92 Å². The maximum Gasteiger partial charge on any atom is 0.233 e. The molecule has 0 unspecified atom stereocenters. The predicted molar refractivity (Wildman–Crippen MR) is 128 cm³/mol. The summed E-state index contributed by atoms with van der Waals surface area (Å²) in [6, 6.07) is 14.9. The molecule has 0 saturated carbocycles. The number of nitrogens with two attached hydrogens (primary N) is 1. The van der Waals surface area contributed by atoms with E-state index in [-0.39, 0.29) is 23.5 Å². The standard InChI is InChI=1S/C23H24ClN5O3S/c1-32-19-8-2-16(3-9-19)22-26-27-23(29(22)18-6-4-17(24)5-7-18)33-14-20(30)28-12-10-15(11-13-28)21(25)31/h2-9,15H,10-14H2,1H3,(H2,25,31). The Morgan fingerprint density at radius 3 is 2.36 bits per heavy atom. The Morgan fingerprint density at radius 1 is 1.09 bits per heavy atom. The second-order valence-corrected chi connectivity index (χ2v) is 9.07. The maximum absolute atomic E-state index is 12.8. The molecule has 0 radical (unpaired) electrons. The predicted octanol–water partition coefficient (Wildman–Crippen LogP) is 3.41. The van der Waals surface area contributed by atoms with Gasteiger partial charge in [-0.2, -0.15) is 0 Å². The van der Waals surface area contributed by atoms with Crippen LogP contribution in [0.3, 0.4) is 0 Å². The van der Waals surface area contributed by atoms with Crippen LogP contribution < -0.4 is 10.5 Å². The molecule has 10 heteroatoms. The van der Waals surface area contributed by atoms with E-state index in [1.165, 1.54) is 11.8 Å². The summed E-state index contributed by atoms with van der Waals surface area (Å²) in [5.74, 6) is 1.17. The fourth-order valence-corrected chi connectivity index (χ4v) is 4.73. The number of halogens is 1. The first kappa shape index (κ1) is 23.1. The van der Waals surface area contributed by atoms with Crippen LogP contribution in [0.15, 0.2) is 53.7 Å². The lowest BCUT2D eigenvalue weighted by molar-refractivity contribution is -0.132. The average molecular weight is 486 g/mol. The lowest BCUT2D eigenvalue weighted by atomic mass is 9.96. The molecule has 3 aromatic rings. The van der Waals surface area contributed by atoms with Crippen molar-refractivity contribution in [3.8, 4) is 22.8 Å². The summed E-state index contributed by atoms with van der Waals surface area (Å²) < 4.78 is 7.16. The fourth-order valence-electron chi connectivity index (χ4n) is 3.74. The van der Waals surface area contributed by atoms with E-state index >= 15 is 0 Å². The first-order valence-electron chi connectivity index (χ1n) is 10.5. The van der Waals surface area contributed by atoms with E-state index < -0.39 is 0 Å². The Labute approximate surface area is 201 Å². The van der Waals surface area contributed by atoms with Gasteiger partial charge in [0.25, 0.3) is 0 Å². The van der Waals surface area contributed by atoms with Crippen LogP contribution in [-0.2, 0) is 9.59 Å². The van der Waals surface area contributed by atoms with Gasteiger partial charge in [-0.05, 0) is 61.4 Å². The number of carbonyl (C=O) groups excluding carboxylic acids is 2. The lowest BCUT2D eigenvalue weighted by Crippen LogP contribution is -2.42. The first-order chi connectivity index (χ1) is 16.0. The van der Waals surface area contributed by atoms with Gasteiger partial charge in [0.1, 0.15) is 5.75 Å². The van der Waals surface area contributed by atoms with E-state index in [4.69, 9.17) is 22.1 Å². The second kappa shape index (κ2) is 10.3. The van der Waals surface area contributed by atoms with Crippen LogP contribution in [0.5, 0.6) is 5.75 Å². The number of carbonyl (C=O) groups is 2. The zero-order chi connectivity index (χ0) is 23.4. The van der Waals surface area contributed by atoms with Crippen molar-refractivity contribution in [2.75, 3.05) is 26.0 Å². The van der Waals surface area contributed by atoms with Crippen molar-refractivity contribution in [2.24, 2.45) is 11.7 Å². The molecule has 1 saturated heterocycles. The maximum atomic E-state index is 12.8. The van der Waals surface area contributed by atoms with Gasteiger partial charge in [0.05, 0.1) is 12.9 Å². The molecule has 2 heterocycles. The number of aromatic nitrogens is 3. The Bertz CT molecular complexity index is 1130. The Morgan fingerprint density at radius 2 is 1.76 bits per heavy atom. The van der Waals surface area contributed by atoms with Crippen molar-refractivity contribution >= 4 is 35.2 Å². The number of rotatable bonds is 7. The van der Waals surface area contributed by atoms with Crippen molar-refractivity contribution in [3.05, 3.63) is 53.6 Å². The number of hydrogen-bond acceptors (Lipinski definition) is 6. The molecule has 1 aromatic heterocycles. The lowest BCUT2D eigenvalue weighted by Gasteiger charge is -2.30. The van der Waals surface area contributed by atoms with E-state index in [0.29, 0.717) is 41.9 Å². The van der Waals surface area contributed by atoms with Gasteiger partial charge in [-0.15, -0.1) is 10.2 Å². The summed E-state index contributed by atoms with van der Waals surface area (Å²) in [6.45, 7) is 1.07.